The molecule has 0 aromatic heterocycles. The molecule has 3 aromatic carbocycles. The zero-order valence-electron chi connectivity index (χ0n) is 16.1. The summed E-state index contributed by atoms with van der Waals surface area (Å²) in [5.41, 5.74) is 5.43. The Morgan fingerprint density at radius 1 is 0.893 bits per heavy atom. The van der Waals surface area contributed by atoms with Gasteiger partial charge in [0.2, 0.25) is 0 Å². The summed E-state index contributed by atoms with van der Waals surface area (Å²) in [6.07, 6.45) is 0. The Labute approximate surface area is 170 Å². The maximum atomic E-state index is 12.5. The number of rotatable bonds is 4. The van der Waals surface area contributed by atoms with Crippen LogP contribution < -0.4 is 15.4 Å². The summed E-state index contributed by atoms with van der Waals surface area (Å²) < 4.78 is 5.42. The molecule has 0 spiro atoms. The molecule has 0 saturated heterocycles. The Hall–Kier alpha value is -3.18. The van der Waals surface area contributed by atoms with E-state index in [2.05, 4.69) is 10.6 Å². The number of carbonyl (C=O) groups excluding carboxylic acids is 1. The van der Waals surface area contributed by atoms with Crippen molar-refractivity contribution in [1.29, 1.82) is 0 Å². The molecular formula is C23H22N2O2S. The van der Waals surface area contributed by atoms with E-state index in [0.29, 0.717) is 17.0 Å². The monoisotopic (exact) mass is 390 g/mol. The van der Waals surface area contributed by atoms with Crippen LogP contribution in [0.5, 0.6) is 5.75 Å². The Kier molecular flexibility index (Phi) is 6.06. The standard InChI is InChI=1S/C23H22N2O2S/c1-15-11-16(2)13-19(12-15)22(26)25-23(28)24-20-14-18(9-10-21(20)27-3)17-7-5-4-6-8-17/h4-14H,1-3H3,(H2,24,25,26,28). The molecule has 1 amide bonds. The van der Waals surface area contributed by atoms with E-state index in [1.165, 1.54) is 0 Å². The third-order valence-electron chi connectivity index (χ3n) is 4.27. The molecule has 0 radical (unpaired) electrons. The van der Waals surface area contributed by atoms with Crippen LogP contribution in [-0.2, 0) is 0 Å². The molecule has 0 atom stereocenters. The van der Waals surface area contributed by atoms with Gasteiger partial charge in [0.15, 0.2) is 5.11 Å². The van der Waals surface area contributed by atoms with Crippen molar-refractivity contribution in [1.82, 2.24) is 5.32 Å². The number of amides is 1. The lowest BCUT2D eigenvalue weighted by molar-refractivity contribution is 0.0977. The molecule has 0 bridgehead atoms. The van der Waals surface area contributed by atoms with Crippen LogP contribution in [0.3, 0.4) is 0 Å². The number of hydrogen-bond acceptors (Lipinski definition) is 3. The highest BCUT2D eigenvalue weighted by Gasteiger charge is 2.12. The van der Waals surface area contributed by atoms with Crippen molar-refractivity contribution in [2.45, 2.75) is 13.8 Å². The molecule has 3 aromatic rings. The Morgan fingerprint density at radius 3 is 2.21 bits per heavy atom. The van der Waals surface area contributed by atoms with Crippen LogP contribution >= 0.6 is 12.2 Å². The third-order valence-corrected chi connectivity index (χ3v) is 4.47. The SMILES string of the molecule is COc1ccc(-c2ccccc2)cc1NC(=S)NC(=O)c1cc(C)cc(C)c1. The van der Waals surface area contributed by atoms with Crippen molar-refractivity contribution in [2.75, 3.05) is 12.4 Å². The number of anilines is 1. The fourth-order valence-corrected chi connectivity index (χ4v) is 3.25. The second-order valence-electron chi connectivity index (χ2n) is 6.57. The van der Waals surface area contributed by atoms with Crippen LogP contribution in [0.2, 0.25) is 0 Å². The topological polar surface area (TPSA) is 50.4 Å². The molecule has 142 valence electrons. The average molecular weight is 391 g/mol. The number of ether oxygens (including phenoxy) is 1. The van der Waals surface area contributed by atoms with Gasteiger partial charge in [0, 0.05) is 5.56 Å². The molecule has 2 N–H and O–H groups in total. The van der Waals surface area contributed by atoms with Crippen molar-refractivity contribution >= 4 is 28.9 Å². The van der Waals surface area contributed by atoms with Gasteiger partial charge in [0.05, 0.1) is 12.8 Å². The lowest BCUT2D eigenvalue weighted by Crippen LogP contribution is -2.34. The van der Waals surface area contributed by atoms with Gasteiger partial charge in [0.25, 0.3) is 5.91 Å². The lowest BCUT2D eigenvalue weighted by atomic mass is 10.0. The van der Waals surface area contributed by atoms with Crippen molar-refractivity contribution in [3.05, 3.63) is 83.4 Å². The number of thiocarbonyl (C=S) groups is 1. The van der Waals surface area contributed by atoms with Crippen LogP contribution in [0.4, 0.5) is 5.69 Å². The Morgan fingerprint density at radius 2 is 1.57 bits per heavy atom. The molecule has 0 aliphatic rings. The Balaban J connectivity index is 1.78. The zero-order chi connectivity index (χ0) is 20.1. The molecule has 3 rings (SSSR count). The van der Waals surface area contributed by atoms with Gasteiger partial charge >= 0.3 is 0 Å². The lowest BCUT2D eigenvalue weighted by Gasteiger charge is -2.15. The van der Waals surface area contributed by atoms with Gasteiger partial charge in [-0.05, 0) is 61.5 Å². The first kappa shape index (κ1) is 19.6. The summed E-state index contributed by atoms with van der Waals surface area (Å²) in [7, 11) is 1.60. The van der Waals surface area contributed by atoms with E-state index in [4.69, 9.17) is 17.0 Å². The smallest absolute Gasteiger partial charge is 0.257 e. The highest BCUT2D eigenvalue weighted by Crippen LogP contribution is 2.30. The molecule has 0 aliphatic carbocycles. The maximum absolute atomic E-state index is 12.5. The molecule has 4 nitrogen and oxygen atoms in total. The first-order valence-corrected chi connectivity index (χ1v) is 9.31. The van der Waals surface area contributed by atoms with Crippen LogP contribution in [0.15, 0.2) is 66.7 Å². The van der Waals surface area contributed by atoms with Gasteiger partial charge in [-0.2, -0.15) is 0 Å². The van der Waals surface area contributed by atoms with Crippen LogP contribution in [0.1, 0.15) is 21.5 Å². The van der Waals surface area contributed by atoms with Gasteiger partial charge in [0.1, 0.15) is 5.75 Å². The summed E-state index contributed by atoms with van der Waals surface area (Å²) in [6.45, 7) is 3.92. The van der Waals surface area contributed by atoms with E-state index in [0.717, 1.165) is 22.3 Å². The van der Waals surface area contributed by atoms with E-state index in [-0.39, 0.29) is 11.0 Å². The quantitative estimate of drug-likeness (QED) is 0.608. The van der Waals surface area contributed by atoms with Crippen molar-refractivity contribution < 1.29 is 9.53 Å². The van der Waals surface area contributed by atoms with Crippen LogP contribution in [-0.4, -0.2) is 18.1 Å². The van der Waals surface area contributed by atoms with E-state index in [1.807, 2.05) is 80.6 Å². The molecule has 0 unspecified atom stereocenters. The van der Waals surface area contributed by atoms with E-state index >= 15 is 0 Å². The second-order valence-corrected chi connectivity index (χ2v) is 6.97. The first-order valence-electron chi connectivity index (χ1n) is 8.90. The minimum atomic E-state index is -0.248. The predicted molar refractivity (Wildman–Crippen MR) is 118 cm³/mol. The molecule has 5 heteroatoms. The molecule has 0 saturated carbocycles. The summed E-state index contributed by atoms with van der Waals surface area (Å²) in [5, 5.41) is 6.03. The first-order chi connectivity index (χ1) is 13.5. The van der Waals surface area contributed by atoms with E-state index in [9.17, 15) is 4.79 Å². The van der Waals surface area contributed by atoms with Gasteiger partial charge in [-0.25, -0.2) is 0 Å². The molecule has 0 fully saturated rings. The predicted octanol–water partition coefficient (Wildman–Crippen LogP) is 5.11. The number of nitrogens with one attached hydrogen (secondary N) is 2. The van der Waals surface area contributed by atoms with Gasteiger partial charge in [-0.15, -0.1) is 0 Å². The van der Waals surface area contributed by atoms with Gasteiger partial charge in [-0.3, -0.25) is 10.1 Å². The largest absolute Gasteiger partial charge is 0.495 e. The third kappa shape index (κ3) is 4.75. The van der Waals surface area contributed by atoms with Gasteiger partial charge < -0.3 is 10.1 Å². The maximum Gasteiger partial charge on any atom is 0.257 e. The number of carbonyl (C=O) groups is 1. The van der Waals surface area contributed by atoms with Crippen LogP contribution in [0, 0.1) is 13.8 Å². The zero-order valence-corrected chi connectivity index (χ0v) is 16.9. The highest BCUT2D eigenvalue weighted by atomic mass is 32.1. The summed E-state index contributed by atoms with van der Waals surface area (Å²) >= 11 is 5.35. The molecule has 28 heavy (non-hydrogen) atoms. The number of benzene rings is 3. The normalized spacial score (nSPS) is 10.2. The average Bonchev–Trinajstić information content (AvgIpc) is 2.67. The number of aryl methyl sites for hydroxylation is 2. The summed E-state index contributed by atoms with van der Waals surface area (Å²) in [5.74, 6) is 0.394. The van der Waals surface area contributed by atoms with Crippen molar-refractivity contribution in [2.24, 2.45) is 0 Å². The van der Waals surface area contributed by atoms with E-state index in [1.54, 1.807) is 7.11 Å². The van der Waals surface area contributed by atoms with Crippen molar-refractivity contribution in [3.63, 3.8) is 0 Å². The number of hydrogen-bond donors (Lipinski definition) is 2. The second kappa shape index (κ2) is 8.67. The minimum Gasteiger partial charge on any atom is -0.495 e. The van der Waals surface area contributed by atoms with Gasteiger partial charge in [-0.1, -0.05) is 53.6 Å². The molecule has 0 aliphatic heterocycles. The molecular weight excluding hydrogens is 368 g/mol. The fraction of sp³-hybridized carbons (Fsp3) is 0.130. The number of methoxy groups -OCH3 is 1. The highest BCUT2D eigenvalue weighted by molar-refractivity contribution is 7.80. The summed E-state index contributed by atoms with van der Waals surface area (Å²) in [6, 6.07) is 21.5. The summed E-state index contributed by atoms with van der Waals surface area (Å²) in [4.78, 5) is 12.5. The Bertz CT molecular complexity index is 996. The van der Waals surface area contributed by atoms with Crippen molar-refractivity contribution in [3.8, 4) is 16.9 Å². The minimum absolute atomic E-state index is 0.215. The van der Waals surface area contributed by atoms with Crippen LogP contribution in [0.25, 0.3) is 11.1 Å². The fourth-order valence-electron chi connectivity index (χ4n) is 3.05. The molecule has 0 heterocycles. The van der Waals surface area contributed by atoms with E-state index < -0.39 is 0 Å².